The number of hydrogen-bond donors (Lipinski definition) is 0. The van der Waals surface area contributed by atoms with Gasteiger partial charge in [-0.3, -0.25) is 0 Å². The Morgan fingerprint density at radius 3 is 2.18 bits per heavy atom. The second kappa shape index (κ2) is 6.61. The average molecular weight is 294 g/mol. The molecule has 0 radical (unpaired) electrons. The summed E-state index contributed by atoms with van der Waals surface area (Å²) < 4.78 is 5.42. The number of carbonyl (C=O) groups excluding carboxylic acids is 1. The lowest BCUT2D eigenvalue weighted by Crippen LogP contribution is -2.24. The van der Waals surface area contributed by atoms with Gasteiger partial charge in [-0.15, -0.1) is 0 Å². The van der Waals surface area contributed by atoms with Crippen LogP contribution in [0.3, 0.4) is 0 Å². The van der Waals surface area contributed by atoms with E-state index in [0.717, 1.165) is 16.7 Å². The molecule has 0 bridgehead atoms. The molecule has 2 aromatic rings. The van der Waals surface area contributed by atoms with Gasteiger partial charge in [-0.25, -0.2) is 4.79 Å². The van der Waals surface area contributed by atoms with Crippen LogP contribution >= 0.6 is 0 Å². The van der Waals surface area contributed by atoms with Crippen LogP contribution in [0.25, 0.3) is 12.2 Å². The van der Waals surface area contributed by atoms with Gasteiger partial charge in [-0.2, -0.15) is 0 Å². The van der Waals surface area contributed by atoms with E-state index < -0.39 is 5.60 Å². The number of ether oxygens (including phenoxy) is 1. The minimum absolute atomic E-state index is 0.274. The van der Waals surface area contributed by atoms with Crippen LogP contribution in [0.5, 0.6) is 0 Å². The maximum Gasteiger partial charge on any atom is 0.338 e. The second-order valence-electron chi connectivity index (χ2n) is 6.32. The first kappa shape index (κ1) is 16.0. The Kier molecular flexibility index (Phi) is 4.81. The highest BCUT2D eigenvalue weighted by molar-refractivity contribution is 5.91. The normalized spacial score (nSPS) is 11.6. The molecule has 0 N–H and O–H groups in total. The van der Waals surface area contributed by atoms with Gasteiger partial charge in [0.25, 0.3) is 0 Å². The predicted octanol–water partition coefficient (Wildman–Crippen LogP) is 5.12. The Morgan fingerprint density at radius 2 is 1.59 bits per heavy atom. The highest BCUT2D eigenvalue weighted by atomic mass is 16.6. The minimum Gasteiger partial charge on any atom is -0.456 e. The molecule has 2 heteroatoms. The molecular weight excluding hydrogens is 272 g/mol. The third kappa shape index (κ3) is 4.59. The number of carbonyl (C=O) groups is 1. The van der Waals surface area contributed by atoms with E-state index in [4.69, 9.17) is 4.74 Å². The van der Waals surface area contributed by atoms with E-state index in [1.807, 2.05) is 70.2 Å². The fourth-order valence-corrected chi connectivity index (χ4v) is 2.11. The first-order chi connectivity index (χ1) is 10.3. The molecule has 0 unspecified atom stereocenters. The summed E-state index contributed by atoms with van der Waals surface area (Å²) in [5.74, 6) is -0.274. The van der Waals surface area contributed by atoms with Crippen LogP contribution in [0.4, 0.5) is 0 Å². The van der Waals surface area contributed by atoms with Gasteiger partial charge in [0.2, 0.25) is 0 Å². The van der Waals surface area contributed by atoms with E-state index in [9.17, 15) is 4.79 Å². The number of rotatable bonds is 3. The first-order valence-electron chi connectivity index (χ1n) is 7.42. The Bertz CT molecular complexity index is 677. The van der Waals surface area contributed by atoms with Gasteiger partial charge >= 0.3 is 5.97 Å². The Hall–Kier alpha value is -2.35. The molecule has 0 fully saturated rings. The molecular formula is C20H22O2. The highest BCUT2D eigenvalue weighted by Gasteiger charge is 2.19. The molecule has 2 rings (SSSR count). The lowest BCUT2D eigenvalue weighted by atomic mass is 10.0. The summed E-state index contributed by atoms with van der Waals surface area (Å²) in [5.41, 5.74) is 3.27. The summed E-state index contributed by atoms with van der Waals surface area (Å²) in [7, 11) is 0. The lowest BCUT2D eigenvalue weighted by Gasteiger charge is -2.20. The molecule has 0 atom stereocenters. The van der Waals surface area contributed by atoms with E-state index in [-0.39, 0.29) is 5.97 Å². The molecule has 0 saturated heterocycles. The number of esters is 1. The number of aryl methyl sites for hydroxylation is 1. The maximum atomic E-state index is 12.1. The van der Waals surface area contributed by atoms with Crippen LogP contribution in [0, 0.1) is 6.92 Å². The quantitative estimate of drug-likeness (QED) is 0.580. The summed E-state index contributed by atoms with van der Waals surface area (Å²) in [6.07, 6.45) is 4.10. The third-order valence-corrected chi connectivity index (χ3v) is 3.14. The van der Waals surface area contributed by atoms with Crippen molar-refractivity contribution < 1.29 is 9.53 Å². The fraction of sp³-hybridized carbons (Fsp3) is 0.250. The molecule has 0 heterocycles. The molecule has 0 aliphatic carbocycles. The van der Waals surface area contributed by atoms with Gasteiger partial charge < -0.3 is 4.74 Å². The van der Waals surface area contributed by atoms with E-state index in [2.05, 4.69) is 18.2 Å². The average Bonchev–Trinajstić information content (AvgIpc) is 2.44. The van der Waals surface area contributed by atoms with Crippen molar-refractivity contribution in [3.05, 3.63) is 70.8 Å². The highest BCUT2D eigenvalue weighted by Crippen LogP contribution is 2.18. The first-order valence-corrected chi connectivity index (χ1v) is 7.42. The topological polar surface area (TPSA) is 26.3 Å². The largest absolute Gasteiger partial charge is 0.456 e. The predicted molar refractivity (Wildman–Crippen MR) is 91.7 cm³/mol. The zero-order valence-corrected chi connectivity index (χ0v) is 13.6. The van der Waals surface area contributed by atoms with Crippen LogP contribution in [-0.2, 0) is 4.74 Å². The summed E-state index contributed by atoms with van der Waals surface area (Å²) in [6, 6.07) is 15.9. The molecule has 0 aliphatic heterocycles. The molecule has 2 aromatic carbocycles. The Balaban J connectivity index is 2.16. The molecule has 114 valence electrons. The van der Waals surface area contributed by atoms with Crippen LogP contribution in [0.1, 0.15) is 47.8 Å². The van der Waals surface area contributed by atoms with Crippen molar-refractivity contribution in [2.75, 3.05) is 0 Å². The van der Waals surface area contributed by atoms with Crippen molar-refractivity contribution in [1.82, 2.24) is 0 Å². The molecule has 2 nitrogen and oxygen atoms in total. The molecule has 0 aliphatic rings. The molecule has 0 spiro atoms. The van der Waals surface area contributed by atoms with Crippen LogP contribution in [-0.4, -0.2) is 11.6 Å². The standard InChI is InChI=1S/C20H22O2/c1-15-14-17(11-10-16-8-6-5-7-9-16)12-13-18(15)19(21)22-20(2,3)4/h5-14H,1-4H3. The Labute approximate surface area is 132 Å². The van der Waals surface area contributed by atoms with Gasteiger partial charge in [0.1, 0.15) is 5.60 Å². The van der Waals surface area contributed by atoms with Crippen molar-refractivity contribution in [2.24, 2.45) is 0 Å². The van der Waals surface area contributed by atoms with Crippen molar-refractivity contribution in [1.29, 1.82) is 0 Å². The SMILES string of the molecule is Cc1cc(C=Cc2ccccc2)ccc1C(=O)OC(C)(C)C. The van der Waals surface area contributed by atoms with Gasteiger partial charge in [-0.1, -0.05) is 54.6 Å². The van der Waals surface area contributed by atoms with Crippen LogP contribution in [0.2, 0.25) is 0 Å². The van der Waals surface area contributed by atoms with E-state index in [1.54, 1.807) is 0 Å². The monoisotopic (exact) mass is 294 g/mol. The summed E-state index contributed by atoms with van der Waals surface area (Å²) in [4.78, 5) is 12.1. The van der Waals surface area contributed by atoms with Crippen molar-refractivity contribution in [2.45, 2.75) is 33.3 Å². The van der Waals surface area contributed by atoms with E-state index in [0.29, 0.717) is 5.56 Å². The maximum absolute atomic E-state index is 12.1. The van der Waals surface area contributed by atoms with Gasteiger partial charge in [-0.05, 0) is 50.5 Å². The van der Waals surface area contributed by atoms with Crippen molar-refractivity contribution >= 4 is 18.1 Å². The van der Waals surface area contributed by atoms with Crippen molar-refractivity contribution in [3.63, 3.8) is 0 Å². The lowest BCUT2D eigenvalue weighted by molar-refractivity contribution is 0.00688. The molecule has 22 heavy (non-hydrogen) atoms. The van der Waals surface area contributed by atoms with Crippen LogP contribution < -0.4 is 0 Å². The Morgan fingerprint density at radius 1 is 0.955 bits per heavy atom. The third-order valence-electron chi connectivity index (χ3n) is 3.14. The summed E-state index contributed by atoms with van der Waals surface area (Å²) >= 11 is 0. The van der Waals surface area contributed by atoms with Crippen LogP contribution in [0.15, 0.2) is 48.5 Å². The number of benzene rings is 2. The smallest absolute Gasteiger partial charge is 0.338 e. The summed E-state index contributed by atoms with van der Waals surface area (Å²) in [5, 5.41) is 0. The summed E-state index contributed by atoms with van der Waals surface area (Å²) in [6.45, 7) is 7.55. The second-order valence-corrected chi connectivity index (χ2v) is 6.32. The van der Waals surface area contributed by atoms with Gasteiger partial charge in [0.15, 0.2) is 0 Å². The van der Waals surface area contributed by atoms with Gasteiger partial charge in [0, 0.05) is 0 Å². The van der Waals surface area contributed by atoms with E-state index >= 15 is 0 Å². The van der Waals surface area contributed by atoms with E-state index in [1.165, 1.54) is 0 Å². The van der Waals surface area contributed by atoms with Gasteiger partial charge in [0.05, 0.1) is 5.56 Å². The van der Waals surface area contributed by atoms with Crippen molar-refractivity contribution in [3.8, 4) is 0 Å². The molecule has 0 saturated carbocycles. The minimum atomic E-state index is -0.477. The number of hydrogen-bond acceptors (Lipinski definition) is 2. The fourth-order valence-electron chi connectivity index (χ4n) is 2.11. The zero-order chi connectivity index (χ0) is 16.2. The molecule has 0 amide bonds. The zero-order valence-electron chi connectivity index (χ0n) is 13.6. The molecule has 0 aromatic heterocycles.